The van der Waals surface area contributed by atoms with Crippen molar-refractivity contribution in [3.63, 3.8) is 0 Å². The molecule has 0 aromatic heterocycles. The smallest absolute Gasteiger partial charge is 0.405 e. The number of hydrogen-bond acceptors (Lipinski definition) is 1. The monoisotopic (exact) mass is 195 g/mol. The van der Waals surface area contributed by atoms with Crippen LogP contribution in [-0.4, -0.2) is 6.36 Å². The Morgan fingerprint density at radius 2 is 2.08 bits per heavy atom. The summed E-state index contributed by atoms with van der Waals surface area (Å²) in [6.45, 7) is 0. The third kappa shape index (κ3) is 3.00. The van der Waals surface area contributed by atoms with Crippen LogP contribution < -0.4 is 4.74 Å². The van der Waals surface area contributed by atoms with Crippen molar-refractivity contribution in [2.24, 2.45) is 0 Å². The number of hydrogen-bond donors (Lipinski definition) is 0. The zero-order valence-corrected chi connectivity index (χ0v) is 6.41. The standard InChI is InChI=1S/C7H3ClF3O/c8-5-2-1-3-6(4-5)12-7(9,10)11/h1-2,4H. The van der Waals surface area contributed by atoms with Crippen molar-refractivity contribution in [1.29, 1.82) is 0 Å². The minimum Gasteiger partial charge on any atom is -0.405 e. The van der Waals surface area contributed by atoms with Gasteiger partial charge in [-0.2, -0.15) is 0 Å². The van der Waals surface area contributed by atoms with E-state index in [2.05, 4.69) is 10.8 Å². The second-order valence-electron chi connectivity index (χ2n) is 1.92. The van der Waals surface area contributed by atoms with Crippen LogP contribution in [0, 0.1) is 6.07 Å². The Kier molecular flexibility index (Phi) is 2.47. The molecule has 0 unspecified atom stereocenters. The molecule has 12 heavy (non-hydrogen) atoms. The number of halogens is 4. The predicted molar refractivity (Wildman–Crippen MR) is 37.0 cm³/mol. The molecular weight excluding hydrogens is 193 g/mol. The molecule has 65 valence electrons. The van der Waals surface area contributed by atoms with Crippen molar-refractivity contribution in [2.45, 2.75) is 6.36 Å². The van der Waals surface area contributed by atoms with Gasteiger partial charge in [-0.15, -0.1) is 13.2 Å². The molecule has 0 saturated carbocycles. The van der Waals surface area contributed by atoms with Crippen molar-refractivity contribution in [1.82, 2.24) is 0 Å². The van der Waals surface area contributed by atoms with Gasteiger partial charge < -0.3 is 4.74 Å². The van der Waals surface area contributed by atoms with Gasteiger partial charge in [0.2, 0.25) is 0 Å². The van der Waals surface area contributed by atoms with Crippen LogP contribution in [0.3, 0.4) is 0 Å². The highest BCUT2D eigenvalue weighted by molar-refractivity contribution is 6.30. The Labute approximate surface area is 71.7 Å². The van der Waals surface area contributed by atoms with E-state index in [9.17, 15) is 13.2 Å². The highest BCUT2D eigenvalue weighted by atomic mass is 35.5. The molecule has 0 atom stereocenters. The van der Waals surface area contributed by atoms with Crippen LogP contribution >= 0.6 is 11.6 Å². The Balaban J connectivity index is 2.77. The van der Waals surface area contributed by atoms with Crippen molar-refractivity contribution in [3.8, 4) is 5.75 Å². The van der Waals surface area contributed by atoms with Crippen LogP contribution in [0.25, 0.3) is 0 Å². The molecule has 0 amide bonds. The minimum atomic E-state index is -4.69. The zero-order valence-electron chi connectivity index (χ0n) is 5.65. The van der Waals surface area contributed by atoms with E-state index >= 15 is 0 Å². The molecular formula is C7H3ClF3O. The summed E-state index contributed by atoms with van der Waals surface area (Å²) in [4.78, 5) is 0. The van der Waals surface area contributed by atoms with Crippen LogP contribution in [0.5, 0.6) is 5.75 Å². The molecule has 0 bridgehead atoms. The molecule has 0 aliphatic rings. The lowest BCUT2D eigenvalue weighted by Gasteiger charge is -2.07. The molecule has 0 saturated heterocycles. The van der Waals surface area contributed by atoms with Gasteiger partial charge in [0.25, 0.3) is 0 Å². The first-order valence-corrected chi connectivity index (χ1v) is 3.28. The van der Waals surface area contributed by atoms with Crippen molar-refractivity contribution in [3.05, 3.63) is 29.3 Å². The van der Waals surface area contributed by atoms with Gasteiger partial charge >= 0.3 is 6.36 Å². The molecule has 0 N–H and O–H groups in total. The van der Waals surface area contributed by atoms with Crippen LogP contribution in [-0.2, 0) is 0 Å². The molecule has 1 aromatic carbocycles. The van der Waals surface area contributed by atoms with Gasteiger partial charge in [0, 0.05) is 11.1 Å². The van der Waals surface area contributed by atoms with Crippen molar-refractivity contribution >= 4 is 11.6 Å². The largest absolute Gasteiger partial charge is 0.573 e. The van der Waals surface area contributed by atoms with E-state index in [4.69, 9.17) is 11.6 Å². The van der Waals surface area contributed by atoms with Crippen LogP contribution in [0.15, 0.2) is 18.2 Å². The van der Waals surface area contributed by atoms with Gasteiger partial charge in [0.15, 0.2) is 0 Å². The summed E-state index contributed by atoms with van der Waals surface area (Å²) in [5, 5.41) is 0.174. The summed E-state index contributed by atoms with van der Waals surface area (Å²) >= 11 is 5.41. The Bertz CT molecular complexity index is 272. The summed E-state index contributed by atoms with van der Waals surface area (Å²) in [6, 6.07) is 5.94. The molecule has 5 heteroatoms. The van der Waals surface area contributed by atoms with Crippen LogP contribution in [0.1, 0.15) is 0 Å². The van der Waals surface area contributed by atoms with E-state index in [1.807, 2.05) is 0 Å². The zero-order chi connectivity index (χ0) is 9.19. The number of ether oxygens (including phenoxy) is 1. The van der Waals surface area contributed by atoms with Gasteiger partial charge in [-0.25, -0.2) is 0 Å². The van der Waals surface area contributed by atoms with Gasteiger partial charge in [0.1, 0.15) is 5.75 Å². The maximum absolute atomic E-state index is 11.6. The number of benzene rings is 1. The SMILES string of the molecule is FC(F)(F)Oc1[c]ccc(Cl)c1. The molecule has 0 fully saturated rings. The first-order valence-electron chi connectivity index (χ1n) is 2.90. The van der Waals surface area contributed by atoms with Crippen molar-refractivity contribution in [2.75, 3.05) is 0 Å². The van der Waals surface area contributed by atoms with Gasteiger partial charge in [0.05, 0.1) is 0 Å². The molecule has 1 radical (unpaired) electrons. The predicted octanol–water partition coefficient (Wildman–Crippen LogP) is 3.04. The fourth-order valence-corrected chi connectivity index (χ4v) is 0.764. The second kappa shape index (κ2) is 3.23. The van der Waals surface area contributed by atoms with E-state index in [1.165, 1.54) is 12.1 Å². The molecule has 0 aliphatic carbocycles. The minimum absolute atomic E-state index is 0.174. The van der Waals surface area contributed by atoms with Gasteiger partial charge in [-0.1, -0.05) is 11.6 Å². The van der Waals surface area contributed by atoms with E-state index in [0.29, 0.717) is 0 Å². The summed E-state index contributed by atoms with van der Waals surface area (Å²) < 4.78 is 38.3. The van der Waals surface area contributed by atoms with E-state index < -0.39 is 12.1 Å². The molecule has 0 spiro atoms. The maximum Gasteiger partial charge on any atom is 0.573 e. The normalized spacial score (nSPS) is 11.3. The van der Waals surface area contributed by atoms with Gasteiger partial charge in [-0.3, -0.25) is 0 Å². The molecule has 1 rings (SSSR count). The maximum atomic E-state index is 11.6. The quantitative estimate of drug-likeness (QED) is 0.669. The first-order chi connectivity index (χ1) is 5.47. The van der Waals surface area contributed by atoms with Crippen LogP contribution in [0.4, 0.5) is 13.2 Å². The average Bonchev–Trinajstić information content (AvgIpc) is 1.82. The Hall–Kier alpha value is -0.900. The number of alkyl halides is 3. The lowest BCUT2D eigenvalue weighted by molar-refractivity contribution is -0.274. The average molecular weight is 196 g/mol. The summed E-state index contributed by atoms with van der Waals surface area (Å²) in [5.41, 5.74) is 0. The third-order valence-corrected chi connectivity index (χ3v) is 1.20. The topological polar surface area (TPSA) is 9.23 Å². The highest BCUT2D eigenvalue weighted by Crippen LogP contribution is 2.24. The Morgan fingerprint density at radius 3 is 2.58 bits per heavy atom. The molecule has 1 aromatic rings. The van der Waals surface area contributed by atoms with E-state index in [0.717, 1.165) is 6.07 Å². The lowest BCUT2D eigenvalue weighted by atomic mass is 10.3. The second-order valence-corrected chi connectivity index (χ2v) is 2.36. The number of rotatable bonds is 1. The summed E-state index contributed by atoms with van der Waals surface area (Å²) in [5.74, 6) is -0.435. The third-order valence-electron chi connectivity index (χ3n) is 0.963. The van der Waals surface area contributed by atoms with Crippen molar-refractivity contribution < 1.29 is 17.9 Å². The fraction of sp³-hybridized carbons (Fsp3) is 0.143. The fourth-order valence-electron chi connectivity index (χ4n) is 0.602. The first kappa shape index (κ1) is 9.19. The summed E-state index contributed by atoms with van der Waals surface area (Å²) in [7, 11) is 0. The molecule has 0 heterocycles. The van der Waals surface area contributed by atoms with Crippen LogP contribution in [0.2, 0.25) is 5.02 Å². The Morgan fingerprint density at radius 1 is 1.42 bits per heavy atom. The van der Waals surface area contributed by atoms with E-state index in [1.54, 1.807) is 0 Å². The highest BCUT2D eigenvalue weighted by Gasteiger charge is 2.31. The van der Waals surface area contributed by atoms with Gasteiger partial charge in [-0.05, 0) is 18.2 Å². The van der Waals surface area contributed by atoms with E-state index in [-0.39, 0.29) is 5.02 Å². The molecule has 0 aliphatic heterocycles. The lowest BCUT2D eigenvalue weighted by Crippen LogP contribution is -2.17. The summed E-state index contributed by atoms with van der Waals surface area (Å²) in [6.07, 6.45) is -4.69. The molecule has 1 nitrogen and oxygen atoms in total.